The van der Waals surface area contributed by atoms with Crippen molar-refractivity contribution in [1.29, 1.82) is 0 Å². The van der Waals surface area contributed by atoms with Crippen LogP contribution in [0.1, 0.15) is 18.9 Å². The van der Waals surface area contributed by atoms with Gasteiger partial charge in [-0.05, 0) is 18.5 Å². The van der Waals surface area contributed by atoms with E-state index in [1.54, 1.807) is 11.3 Å². The van der Waals surface area contributed by atoms with Gasteiger partial charge in [0, 0.05) is 31.6 Å². The van der Waals surface area contributed by atoms with Crippen LogP contribution in [0.25, 0.3) is 11.3 Å². The van der Waals surface area contributed by atoms with Crippen molar-refractivity contribution < 1.29 is 0 Å². The topological polar surface area (TPSA) is 28.2 Å². The minimum atomic E-state index is 0.939. The summed E-state index contributed by atoms with van der Waals surface area (Å²) in [5.74, 6) is 0. The van der Waals surface area contributed by atoms with E-state index in [-0.39, 0.29) is 0 Å². The predicted molar refractivity (Wildman–Crippen MR) is 83.9 cm³/mol. The molecule has 3 nitrogen and oxygen atoms in total. The molecule has 1 heterocycles. The Morgan fingerprint density at radius 1 is 1.21 bits per heavy atom. The lowest BCUT2D eigenvalue weighted by Crippen LogP contribution is -2.13. The zero-order chi connectivity index (χ0) is 13.7. The van der Waals surface area contributed by atoms with Crippen LogP contribution in [-0.2, 0) is 6.54 Å². The van der Waals surface area contributed by atoms with Crippen molar-refractivity contribution in [2.24, 2.45) is 0 Å². The molecular formula is C15H21N3S. The molecular weight excluding hydrogens is 254 g/mol. The summed E-state index contributed by atoms with van der Waals surface area (Å²) in [7, 11) is 4.04. The highest BCUT2D eigenvalue weighted by Crippen LogP contribution is 2.26. The second kappa shape index (κ2) is 6.68. The number of anilines is 1. The summed E-state index contributed by atoms with van der Waals surface area (Å²) in [5, 5.41) is 6.57. The average molecular weight is 275 g/mol. The summed E-state index contributed by atoms with van der Waals surface area (Å²) >= 11 is 1.68. The SMILES string of the molecule is CCCNCc1ccc(-c2csc(N(C)C)n2)cc1. The fraction of sp³-hybridized carbons (Fsp3) is 0.400. The van der Waals surface area contributed by atoms with E-state index in [0.29, 0.717) is 0 Å². The molecule has 0 aliphatic carbocycles. The molecule has 0 radical (unpaired) electrons. The van der Waals surface area contributed by atoms with E-state index in [9.17, 15) is 0 Å². The smallest absolute Gasteiger partial charge is 0.185 e. The van der Waals surface area contributed by atoms with Gasteiger partial charge in [0.2, 0.25) is 0 Å². The van der Waals surface area contributed by atoms with Crippen molar-refractivity contribution in [3.63, 3.8) is 0 Å². The van der Waals surface area contributed by atoms with Crippen molar-refractivity contribution in [1.82, 2.24) is 10.3 Å². The van der Waals surface area contributed by atoms with Gasteiger partial charge >= 0.3 is 0 Å². The number of hydrogen-bond donors (Lipinski definition) is 1. The molecule has 0 atom stereocenters. The Bertz CT molecular complexity index is 502. The van der Waals surface area contributed by atoms with Crippen LogP contribution < -0.4 is 10.2 Å². The van der Waals surface area contributed by atoms with Gasteiger partial charge in [0.1, 0.15) is 0 Å². The van der Waals surface area contributed by atoms with Crippen molar-refractivity contribution in [2.45, 2.75) is 19.9 Å². The molecule has 0 spiro atoms. The first-order chi connectivity index (χ1) is 9.20. The highest BCUT2D eigenvalue weighted by Gasteiger charge is 2.05. The zero-order valence-corrected chi connectivity index (χ0v) is 12.6. The number of aromatic nitrogens is 1. The van der Waals surface area contributed by atoms with Gasteiger partial charge in [0.15, 0.2) is 5.13 Å². The Labute approximate surface area is 119 Å². The maximum absolute atomic E-state index is 4.61. The van der Waals surface area contributed by atoms with Crippen LogP contribution in [0.5, 0.6) is 0 Å². The third kappa shape index (κ3) is 3.78. The van der Waals surface area contributed by atoms with Crippen molar-refractivity contribution in [3.8, 4) is 11.3 Å². The third-order valence-corrected chi connectivity index (χ3v) is 3.89. The van der Waals surface area contributed by atoms with Crippen LogP contribution in [-0.4, -0.2) is 25.6 Å². The lowest BCUT2D eigenvalue weighted by molar-refractivity contribution is 0.675. The van der Waals surface area contributed by atoms with E-state index in [4.69, 9.17) is 0 Å². The average Bonchev–Trinajstić information content (AvgIpc) is 2.90. The Kier molecular flexibility index (Phi) is 4.93. The Hall–Kier alpha value is -1.39. The van der Waals surface area contributed by atoms with Crippen LogP contribution in [0.2, 0.25) is 0 Å². The van der Waals surface area contributed by atoms with Crippen LogP contribution in [0, 0.1) is 0 Å². The highest BCUT2D eigenvalue weighted by molar-refractivity contribution is 7.14. The van der Waals surface area contributed by atoms with E-state index in [2.05, 4.69) is 46.9 Å². The summed E-state index contributed by atoms with van der Waals surface area (Å²) in [6.45, 7) is 4.19. The Morgan fingerprint density at radius 3 is 2.53 bits per heavy atom. The predicted octanol–water partition coefficient (Wildman–Crippen LogP) is 3.38. The van der Waals surface area contributed by atoms with Crippen molar-refractivity contribution in [3.05, 3.63) is 35.2 Å². The summed E-state index contributed by atoms with van der Waals surface area (Å²) in [6.07, 6.45) is 1.17. The zero-order valence-electron chi connectivity index (χ0n) is 11.8. The lowest BCUT2D eigenvalue weighted by atomic mass is 10.1. The first-order valence-electron chi connectivity index (χ1n) is 6.63. The van der Waals surface area contributed by atoms with Gasteiger partial charge in [-0.15, -0.1) is 11.3 Å². The number of benzene rings is 1. The Balaban J connectivity index is 2.04. The first kappa shape index (κ1) is 14.0. The number of hydrogen-bond acceptors (Lipinski definition) is 4. The van der Waals surface area contributed by atoms with Crippen LogP contribution in [0.3, 0.4) is 0 Å². The molecule has 19 heavy (non-hydrogen) atoms. The highest BCUT2D eigenvalue weighted by atomic mass is 32.1. The van der Waals surface area contributed by atoms with Crippen LogP contribution >= 0.6 is 11.3 Å². The maximum atomic E-state index is 4.61. The first-order valence-corrected chi connectivity index (χ1v) is 7.51. The molecule has 0 saturated carbocycles. The number of thiazole rings is 1. The normalized spacial score (nSPS) is 10.7. The van der Waals surface area contributed by atoms with E-state index < -0.39 is 0 Å². The molecule has 2 rings (SSSR count). The maximum Gasteiger partial charge on any atom is 0.185 e. The summed E-state index contributed by atoms with van der Waals surface area (Å²) in [6, 6.07) is 8.65. The molecule has 2 aromatic rings. The Morgan fingerprint density at radius 2 is 1.95 bits per heavy atom. The molecule has 0 amide bonds. The summed E-state index contributed by atoms with van der Waals surface area (Å²) in [5.41, 5.74) is 3.56. The van der Waals surface area contributed by atoms with Crippen LogP contribution in [0.4, 0.5) is 5.13 Å². The standard InChI is InChI=1S/C15H21N3S/c1-4-9-16-10-12-5-7-13(8-6-12)14-11-19-15(17-14)18(2)3/h5-8,11,16H,4,9-10H2,1-3H3. The molecule has 0 bridgehead atoms. The van der Waals surface area contributed by atoms with Crippen LogP contribution in [0.15, 0.2) is 29.6 Å². The van der Waals surface area contributed by atoms with Crippen molar-refractivity contribution in [2.75, 3.05) is 25.5 Å². The molecule has 0 fully saturated rings. The molecule has 1 N–H and O–H groups in total. The minimum absolute atomic E-state index is 0.939. The van der Waals surface area contributed by atoms with Gasteiger partial charge in [0.05, 0.1) is 5.69 Å². The molecule has 1 aromatic carbocycles. The molecule has 4 heteroatoms. The lowest BCUT2D eigenvalue weighted by Gasteiger charge is -2.06. The molecule has 102 valence electrons. The monoisotopic (exact) mass is 275 g/mol. The number of nitrogens with one attached hydrogen (secondary N) is 1. The largest absolute Gasteiger partial charge is 0.354 e. The van der Waals surface area contributed by atoms with E-state index >= 15 is 0 Å². The number of nitrogens with zero attached hydrogens (tertiary/aromatic N) is 2. The van der Waals surface area contributed by atoms with Gasteiger partial charge in [-0.1, -0.05) is 31.2 Å². The molecule has 0 saturated heterocycles. The third-order valence-electron chi connectivity index (χ3n) is 2.88. The van der Waals surface area contributed by atoms with Gasteiger partial charge in [-0.3, -0.25) is 0 Å². The molecule has 1 aromatic heterocycles. The number of rotatable bonds is 6. The van der Waals surface area contributed by atoms with E-state index in [0.717, 1.165) is 23.9 Å². The van der Waals surface area contributed by atoms with Gasteiger partial charge in [-0.2, -0.15) is 0 Å². The fourth-order valence-corrected chi connectivity index (χ4v) is 2.57. The minimum Gasteiger partial charge on any atom is -0.354 e. The van der Waals surface area contributed by atoms with Gasteiger partial charge in [0.25, 0.3) is 0 Å². The van der Waals surface area contributed by atoms with E-state index in [1.165, 1.54) is 17.5 Å². The van der Waals surface area contributed by atoms with Gasteiger partial charge < -0.3 is 10.2 Å². The van der Waals surface area contributed by atoms with Gasteiger partial charge in [-0.25, -0.2) is 4.98 Å². The summed E-state index contributed by atoms with van der Waals surface area (Å²) < 4.78 is 0. The molecule has 0 unspecified atom stereocenters. The van der Waals surface area contributed by atoms with Crippen molar-refractivity contribution >= 4 is 16.5 Å². The molecule has 0 aliphatic rings. The fourth-order valence-electron chi connectivity index (χ4n) is 1.81. The second-order valence-electron chi connectivity index (χ2n) is 4.78. The summed E-state index contributed by atoms with van der Waals surface area (Å²) in [4.78, 5) is 6.65. The van der Waals surface area contributed by atoms with E-state index in [1.807, 2.05) is 19.0 Å². The molecule has 0 aliphatic heterocycles. The quantitative estimate of drug-likeness (QED) is 0.819. The second-order valence-corrected chi connectivity index (χ2v) is 5.62.